The van der Waals surface area contributed by atoms with Crippen molar-refractivity contribution in [2.45, 2.75) is 5.03 Å². The lowest BCUT2D eigenvalue weighted by Crippen LogP contribution is -2.41. The number of hydrogen-bond acceptors (Lipinski definition) is 10. The van der Waals surface area contributed by atoms with Crippen molar-refractivity contribution in [3.8, 4) is 0 Å². The van der Waals surface area contributed by atoms with E-state index in [-0.39, 0.29) is 41.7 Å². The first kappa shape index (κ1) is 25.0. The van der Waals surface area contributed by atoms with Crippen molar-refractivity contribution >= 4 is 55.2 Å². The SMILES string of the molecule is CS(=O)(=O)NC(=NCCO)NCCSc1nonc1C(=Nc1ccc(F)c(Br)c1)NO. The third kappa shape index (κ3) is 8.41. The summed E-state index contributed by atoms with van der Waals surface area (Å²) in [4.78, 5) is 8.06. The Morgan fingerprint density at radius 3 is 2.81 bits per heavy atom. The molecule has 170 valence electrons. The highest BCUT2D eigenvalue weighted by Crippen LogP contribution is 2.24. The molecule has 0 aliphatic carbocycles. The van der Waals surface area contributed by atoms with Crippen LogP contribution in [0, 0.1) is 5.82 Å². The van der Waals surface area contributed by atoms with E-state index in [1.807, 2.05) is 5.48 Å². The van der Waals surface area contributed by atoms with Crippen LogP contribution in [0.15, 0.2) is 42.3 Å². The predicted octanol–water partition coefficient (Wildman–Crippen LogP) is 0.608. The fraction of sp³-hybridized carbons (Fsp3) is 0.333. The lowest BCUT2D eigenvalue weighted by molar-refractivity contribution is 0.234. The van der Waals surface area contributed by atoms with E-state index in [4.69, 9.17) is 9.74 Å². The molecule has 0 aliphatic heterocycles. The zero-order chi connectivity index (χ0) is 22.9. The van der Waals surface area contributed by atoms with Crippen molar-refractivity contribution in [3.63, 3.8) is 0 Å². The Balaban J connectivity index is 2.04. The van der Waals surface area contributed by atoms with Crippen LogP contribution in [0.25, 0.3) is 0 Å². The van der Waals surface area contributed by atoms with Crippen LogP contribution in [0.5, 0.6) is 0 Å². The largest absolute Gasteiger partial charge is 0.394 e. The summed E-state index contributed by atoms with van der Waals surface area (Å²) < 4.78 is 43.2. The Morgan fingerprint density at radius 1 is 1.39 bits per heavy atom. The first-order valence-electron chi connectivity index (χ1n) is 8.50. The molecule has 0 radical (unpaired) electrons. The van der Waals surface area contributed by atoms with Crippen molar-refractivity contribution in [3.05, 3.63) is 34.2 Å². The highest BCUT2D eigenvalue weighted by Gasteiger charge is 2.17. The molecule has 1 aromatic heterocycles. The van der Waals surface area contributed by atoms with Gasteiger partial charge in [0.05, 0.1) is 29.6 Å². The van der Waals surface area contributed by atoms with Gasteiger partial charge in [-0.25, -0.2) is 22.4 Å². The van der Waals surface area contributed by atoms with Gasteiger partial charge in [-0.15, -0.1) is 0 Å². The van der Waals surface area contributed by atoms with Crippen LogP contribution in [0.3, 0.4) is 0 Å². The van der Waals surface area contributed by atoms with Gasteiger partial charge in [-0.3, -0.25) is 20.4 Å². The zero-order valence-electron chi connectivity index (χ0n) is 16.0. The van der Waals surface area contributed by atoms with E-state index in [2.05, 4.69) is 46.3 Å². The number of benzene rings is 1. The Labute approximate surface area is 189 Å². The highest BCUT2D eigenvalue weighted by atomic mass is 79.9. The Kier molecular flexibility index (Phi) is 9.63. The zero-order valence-corrected chi connectivity index (χ0v) is 19.3. The molecule has 0 unspecified atom stereocenters. The molecule has 1 aromatic carbocycles. The number of nitrogens with one attached hydrogen (secondary N) is 3. The number of aliphatic hydroxyl groups excluding tert-OH is 1. The summed E-state index contributed by atoms with van der Waals surface area (Å²) >= 11 is 4.24. The lowest BCUT2D eigenvalue weighted by Gasteiger charge is -2.10. The summed E-state index contributed by atoms with van der Waals surface area (Å²) in [6, 6.07) is 4.03. The first-order chi connectivity index (χ1) is 14.7. The van der Waals surface area contributed by atoms with Gasteiger partial charge in [0.1, 0.15) is 5.82 Å². The predicted molar refractivity (Wildman–Crippen MR) is 116 cm³/mol. The Bertz CT molecular complexity index is 1050. The number of rotatable bonds is 9. The maximum atomic E-state index is 13.4. The van der Waals surface area contributed by atoms with Crippen LogP contribution in [0.4, 0.5) is 10.1 Å². The third-order valence-electron chi connectivity index (χ3n) is 3.22. The lowest BCUT2D eigenvalue weighted by atomic mass is 10.3. The fourth-order valence-corrected chi connectivity index (χ4v) is 3.62. The summed E-state index contributed by atoms with van der Waals surface area (Å²) in [5.41, 5.74) is 2.37. The molecule has 0 saturated carbocycles. The monoisotopic (exact) mass is 539 g/mol. The standard InChI is InChI=1S/C15H19BrFN7O5S2/c1-31(27,28)24-15(18-4-6-25)19-5-7-30-14-12(22-29-23-14)13(21-26)20-9-2-3-11(17)10(16)8-9/h2-3,8,25-26H,4-7H2,1H3,(H,20,21)(H2,18,19,24). The van der Waals surface area contributed by atoms with Crippen molar-refractivity contribution in [1.82, 2.24) is 25.8 Å². The number of amidine groups is 1. The minimum absolute atomic E-state index is 0.00295. The smallest absolute Gasteiger partial charge is 0.232 e. The van der Waals surface area contributed by atoms with Gasteiger partial charge >= 0.3 is 0 Å². The molecule has 31 heavy (non-hydrogen) atoms. The first-order valence-corrected chi connectivity index (χ1v) is 12.2. The molecule has 0 fully saturated rings. The van der Waals surface area contributed by atoms with Gasteiger partial charge in [0.15, 0.2) is 16.6 Å². The van der Waals surface area contributed by atoms with Gasteiger partial charge in [-0.05, 0) is 44.4 Å². The van der Waals surface area contributed by atoms with Crippen LogP contribution >= 0.6 is 27.7 Å². The quantitative estimate of drug-likeness (QED) is 0.0997. The minimum Gasteiger partial charge on any atom is -0.394 e. The van der Waals surface area contributed by atoms with Gasteiger partial charge in [-0.1, -0.05) is 11.8 Å². The Hall–Kier alpha value is -2.27. The van der Waals surface area contributed by atoms with Gasteiger partial charge < -0.3 is 10.4 Å². The number of hydrogen-bond donors (Lipinski definition) is 5. The topological polar surface area (TPSA) is 174 Å². The van der Waals surface area contributed by atoms with E-state index in [0.717, 1.165) is 6.26 Å². The van der Waals surface area contributed by atoms with Crippen LogP contribution in [0.1, 0.15) is 5.69 Å². The van der Waals surface area contributed by atoms with Crippen molar-refractivity contribution in [2.75, 3.05) is 31.7 Å². The van der Waals surface area contributed by atoms with E-state index < -0.39 is 15.8 Å². The summed E-state index contributed by atoms with van der Waals surface area (Å²) in [5, 5.41) is 28.9. The molecule has 0 saturated heterocycles. The number of sulfonamides is 1. The molecule has 0 aliphatic rings. The summed E-state index contributed by atoms with van der Waals surface area (Å²) in [5.74, 6) is -0.154. The van der Waals surface area contributed by atoms with Gasteiger partial charge in [0, 0.05) is 12.3 Å². The van der Waals surface area contributed by atoms with Crippen molar-refractivity contribution in [2.24, 2.45) is 9.98 Å². The number of aromatic nitrogens is 2. The van der Waals surface area contributed by atoms with Crippen molar-refractivity contribution < 1.29 is 27.8 Å². The van der Waals surface area contributed by atoms with Crippen LogP contribution in [-0.2, 0) is 10.0 Å². The summed E-state index contributed by atoms with van der Waals surface area (Å²) in [6.07, 6.45) is 0.980. The molecule has 12 nitrogen and oxygen atoms in total. The average Bonchev–Trinajstić information content (AvgIpc) is 3.17. The molecule has 0 atom stereocenters. The second kappa shape index (κ2) is 11.9. The maximum absolute atomic E-state index is 13.4. The molecule has 16 heteroatoms. The molecular formula is C15H19BrFN7O5S2. The molecule has 2 rings (SSSR count). The van der Waals surface area contributed by atoms with Crippen molar-refractivity contribution in [1.29, 1.82) is 0 Å². The number of aliphatic imine (C=N–C) groups is 2. The number of guanidine groups is 1. The molecular weight excluding hydrogens is 521 g/mol. The average molecular weight is 540 g/mol. The molecule has 5 N–H and O–H groups in total. The fourth-order valence-electron chi connectivity index (χ4n) is 2.01. The highest BCUT2D eigenvalue weighted by molar-refractivity contribution is 9.10. The summed E-state index contributed by atoms with van der Waals surface area (Å²) in [7, 11) is -3.54. The Morgan fingerprint density at radius 2 is 2.16 bits per heavy atom. The van der Waals surface area contributed by atoms with E-state index in [1.54, 1.807) is 0 Å². The number of hydroxylamine groups is 1. The normalized spacial score (nSPS) is 12.7. The third-order valence-corrected chi connectivity index (χ3v) is 5.34. The van der Waals surface area contributed by atoms with E-state index in [9.17, 15) is 18.0 Å². The number of nitrogens with zero attached hydrogens (tertiary/aromatic N) is 4. The number of aliphatic hydroxyl groups is 1. The number of halogens is 2. The molecule has 1 heterocycles. The van der Waals surface area contributed by atoms with Gasteiger partial charge in [-0.2, -0.15) is 0 Å². The van der Waals surface area contributed by atoms with Gasteiger partial charge in [0.25, 0.3) is 0 Å². The van der Waals surface area contributed by atoms with E-state index in [0.29, 0.717) is 16.5 Å². The molecule has 0 spiro atoms. The minimum atomic E-state index is -3.54. The summed E-state index contributed by atoms with van der Waals surface area (Å²) in [6.45, 7) is 0.0603. The number of thioether (sulfide) groups is 1. The molecule has 0 amide bonds. The maximum Gasteiger partial charge on any atom is 0.232 e. The van der Waals surface area contributed by atoms with E-state index in [1.165, 1.54) is 30.0 Å². The second-order valence-corrected chi connectivity index (χ2v) is 9.38. The van der Waals surface area contributed by atoms with Crippen LogP contribution in [0.2, 0.25) is 0 Å². The van der Waals surface area contributed by atoms with Gasteiger partial charge in [0.2, 0.25) is 16.0 Å². The van der Waals surface area contributed by atoms with Crippen LogP contribution in [-0.4, -0.2) is 72.5 Å². The molecule has 0 bridgehead atoms. The van der Waals surface area contributed by atoms with E-state index >= 15 is 0 Å². The second-order valence-electron chi connectivity index (χ2n) is 5.69. The molecule has 2 aromatic rings. The van der Waals surface area contributed by atoms with Crippen LogP contribution < -0.4 is 15.5 Å².